The SMILES string of the molecule is CCOC(=O)COc1ccc(-c2cc3ccoc3c(N3CCN(CC)CC3)n2)cc1. The molecular weight excluding hydrogens is 382 g/mol. The number of esters is 1. The Morgan fingerprint density at radius 3 is 2.57 bits per heavy atom. The van der Waals surface area contributed by atoms with E-state index in [-0.39, 0.29) is 12.6 Å². The van der Waals surface area contributed by atoms with Crippen LogP contribution in [0.1, 0.15) is 13.8 Å². The summed E-state index contributed by atoms with van der Waals surface area (Å²) in [5.41, 5.74) is 2.70. The molecule has 1 fully saturated rings. The van der Waals surface area contributed by atoms with Gasteiger partial charge in [-0.2, -0.15) is 0 Å². The van der Waals surface area contributed by atoms with E-state index in [9.17, 15) is 4.79 Å². The van der Waals surface area contributed by atoms with Crippen molar-refractivity contribution in [2.24, 2.45) is 0 Å². The molecule has 7 heteroatoms. The lowest BCUT2D eigenvalue weighted by Gasteiger charge is -2.34. The zero-order chi connectivity index (χ0) is 20.9. The summed E-state index contributed by atoms with van der Waals surface area (Å²) in [6, 6.07) is 11.6. The Hall–Kier alpha value is -3.06. The number of carbonyl (C=O) groups excluding carboxylic acids is 1. The average molecular weight is 409 g/mol. The highest BCUT2D eigenvalue weighted by molar-refractivity contribution is 5.90. The molecule has 7 nitrogen and oxygen atoms in total. The van der Waals surface area contributed by atoms with Crippen LogP contribution in [0.25, 0.3) is 22.2 Å². The minimum absolute atomic E-state index is 0.0969. The molecule has 0 N–H and O–H groups in total. The summed E-state index contributed by atoms with van der Waals surface area (Å²) in [5.74, 6) is 1.14. The van der Waals surface area contributed by atoms with E-state index in [1.165, 1.54) is 0 Å². The second kappa shape index (κ2) is 9.17. The van der Waals surface area contributed by atoms with Crippen molar-refractivity contribution in [3.63, 3.8) is 0 Å². The number of hydrogen-bond donors (Lipinski definition) is 0. The summed E-state index contributed by atoms with van der Waals surface area (Å²) in [7, 11) is 0. The van der Waals surface area contributed by atoms with Gasteiger partial charge < -0.3 is 23.7 Å². The van der Waals surface area contributed by atoms with Crippen molar-refractivity contribution >= 4 is 22.8 Å². The minimum Gasteiger partial charge on any atom is -0.482 e. The Morgan fingerprint density at radius 2 is 1.87 bits per heavy atom. The molecular formula is C23H27N3O4. The lowest BCUT2D eigenvalue weighted by molar-refractivity contribution is -0.145. The van der Waals surface area contributed by atoms with Gasteiger partial charge in [0, 0.05) is 37.1 Å². The molecule has 3 aromatic rings. The lowest BCUT2D eigenvalue weighted by atomic mass is 10.1. The molecule has 2 aromatic heterocycles. The summed E-state index contributed by atoms with van der Waals surface area (Å²) < 4.78 is 16.1. The Balaban J connectivity index is 1.55. The number of carbonyl (C=O) groups is 1. The van der Waals surface area contributed by atoms with Gasteiger partial charge in [-0.3, -0.25) is 0 Å². The number of pyridine rings is 1. The highest BCUT2D eigenvalue weighted by atomic mass is 16.6. The van der Waals surface area contributed by atoms with Crippen LogP contribution in [0.5, 0.6) is 5.75 Å². The number of furan rings is 1. The molecule has 0 atom stereocenters. The summed E-state index contributed by atoms with van der Waals surface area (Å²) >= 11 is 0. The van der Waals surface area contributed by atoms with Crippen LogP contribution in [0.3, 0.4) is 0 Å². The average Bonchev–Trinajstić information content (AvgIpc) is 3.26. The summed E-state index contributed by atoms with van der Waals surface area (Å²) in [6.07, 6.45) is 1.72. The fraction of sp³-hybridized carbons (Fsp3) is 0.391. The number of ether oxygens (including phenoxy) is 2. The first kappa shape index (κ1) is 20.2. The first-order valence-electron chi connectivity index (χ1n) is 10.4. The van der Waals surface area contributed by atoms with Gasteiger partial charge in [-0.1, -0.05) is 6.92 Å². The highest BCUT2D eigenvalue weighted by Gasteiger charge is 2.21. The predicted octanol–water partition coefficient (Wildman–Crippen LogP) is 3.58. The number of likely N-dealkylation sites (N-methyl/N-ethyl adjacent to an activating group) is 1. The van der Waals surface area contributed by atoms with Crippen molar-refractivity contribution in [1.82, 2.24) is 9.88 Å². The van der Waals surface area contributed by atoms with Gasteiger partial charge in [0.15, 0.2) is 18.0 Å². The zero-order valence-electron chi connectivity index (χ0n) is 17.5. The van der Waals surface area contributed by atoms with Crippen LogP contribution in [0.2, 0.25) is 0 Å². The van der Waals surface area contributed by atoms with Crippen LogP contribution in [0.4, 0.5) is 5.82 Å². The molecule has 1 aromatic carbocycles. The molecule has 158 valence electrons. The summed E-state index contributed by atoms with van der Waals surface area (Å²) in [5, 5.41) is 1.04. The summed E-state index contributed by atoms with van der Waals surface area (Å²) in [6.45, 7) is 9.20. The number of nitrogens with zero attached hydrogens (tertiary/aromatic N) is 3. The van der Waals surface area contributed by atoms with E-state index in [0.717, 1.165) is 60.8 Å². The number of piperazine rings is 1. The maximum Gasteiger partial charge on any atom is 0.344 e. The maximum absolute atomic E-state index is 11.5. The summed E-state index contributed by atoms with van der Waals surface area (Å²) in [4.78, 5) is 21.1. The van der Waals surface area contributed by atoms with Crippen molar-refractivity contribution in [1.29, 1.82) is 0 Å². The molecule has 3 heterocycles. The Labute approximate surface area is 176 Å². The Kier molecular flexibility index (Phi) is 6.18. The van der Waals surface area contributed by atoms with Gasteiger partial charge >= 0.3 is 5.97 Å². The topological polar surface area (TPSA) is 68.0 Å². The van der Waals surface area contributed by atoms with Crippen LogP contribution in [-0.4, -0.2) is 61.8 Å². The first-order valence-corrected chi connectivity index (χ1v) is 10.4. The quantitative estimate of drug-likeness (QED) is 0.553. The van der Waals surface area contributed by atoms with Crippen LogP contribution >= 0.6 is 0 Å². The molecule has 30 heavy (non-hydrogen) atoms. The standard InChI is InChI=1S/C23H27N3O4/c1-3-25-10-12-26(13-11-25)23-22-18(9-14-29-22)15-20(24-23)17-5-7-19(8-6-17)30-16-21(27)28-4-2/h5-9,14-15H,3-4,10-13,16H2,1-2H3. The van der Waals surface area contributed by atoms with Crippen LogP contribution in [0, 0.1) is 0 Å². The number of aromatic nitrogens is 1. The second-order valence-corrected chi connectivity index (χ2v) is 7.21. The van der Waals surface area contributed by atoms with Crippen LogP contribution in [-0.2, 0) is 9.53 Å². The van der Waals surface area contributed by atoms with E-state index in [1.54, 1.807) is 13.2 Å². The van der Waals surface area contributed by atoms with E-state index in [2.05, 4.69) is 16.7 Å². The molecule has 0 radical (unpaired) electrons. The van der Waals surface area contributed by atoms with Crippen LogP contribution in [0.15, 0.2) is 47.1 Å². The second-order valence-electron chi connectivity index (χ2n) is 7.21. The normalized spacial score (nSPS) is 14.8. The molecule has 1 aliphatic rings. The molecule has 0 bridgehead atoms. The maximum atomic E-state index is 11.5. The predicted molar refractivity (Wildman–Crippen MR) is 116 cm³/mol. The molecule has 1 saturated heterocycles. The number of benzene rings is 1. The Bertz CT molecular complexity index is 991. The number of hydrogen-bond acceptors (Lipinski definition) is 7. The molecule has 0 aliphatic carbocycles. The molecule has 4 rings (SSSR count). The lowest BCUT2D eigenvalue weighted by Crippen LogP contribution is -2.46. The minimum atomic E-state index is -0.374. The van der Waals surface area contributed by atoms with E-state index in [1.807, 2.05) is 36.4 Å². The van der Waals surface area contributed by atoms with Gasteiger partial charge in [0.2, 0.25) is 0 Å². The van der Waals surface area contributed by atoms with Gasteiger partial charge in [-0.15, -0.1) is 0 Å². The molecule has 1 aliphatic heterocycles. The highest BCUT2D eigenvalue weighted by Crippen LogP contribution is 2.32. The molecule has 0 unspecified atom stereocenters. The zero-order valence-corrected chi connectivity index (χ0v) is 17.5. The van der Waals surface area contributed by atoms with E-state index in [4.69, 9.17) is 18.9 Å². The fourth-order valence-corrected chi connectivity index (χ4v) is 3.66. The van der Waals surface area contributed by atoms with Gasteiger partial charge in [0.05, 0.1) is 18.6 Å². The fourth-order valence-electron chi connectivity index (χ4n) is 3.66. The number of fused-ring (bicyclic) bond motifs is 1. The number of rotatable bonds is 7. The number of anilines is 1. The van der Waals surface area contributed by atoms with E-state index >= 15 is 0 Å². The molecule has 0 saturated carbocycles. The third-order valence-electron chi connectivity index (χ3n) is 5.35. The van der Waals surface area contributed by atoms with Gasteiger partial charge in [0.25, 0.3) is 0 Å². The third kappa shape index (κ3) is 4.41. The van der Waals surface area contributed by atoms with E-state index in [0.29, 0.717) is 12.4 Å². The third-order valence-corrected chi connectivity index (χ3v) is 5.35. The molecule has 0 amide bonds. The van der Waals surface area contributed by atoms with E-state index < -0.39 is 0 Å². The van der Waals surface area contributed by atoms with Crippen LogP contribution < -0.4 is 9.64 Å². The van der Waals surface area contributed by atoms with Gasteiger partial charge in [-0.05, 0) is 49.9 Å². The first-order chi connectivity index (χ1) is 14.7. The van der Waals surface area contributed by atoms with Gasteiger partial charge in [0.1, 0.15) is 5.75 Å². The Morgan fingerprint density at radius 1 is 1.10 bits per heavy atom. The molecule has 0 spiro atoms. The van der Waals surface area contributed by atoms with Crippen molar-refractivity contribution < 1.29 is 18.7 Å². The smallest absolute Gasteiger partial charge is 0.344 e. The van der Waals surface area contributed by atoms with Crippen molar-refractivity contribution in [3.05, 3.63) is 42.7 Å². The van der Waals surface area contributed by atoms with Gasteiger partial charge in [-0.25, -0.2) is 9.78 Å². The monoisotopic (exact) mass is 409 g/mol. The largest absolute Gasteiger partial charge is 0.482 e. The van der Waals surface area contributed by atoms with Crippen molar-refractivity contribution in [3.8, 4) is 17.0 Å². The van der Waals surface area contributed by atoms with Crippen molar-refractivity contribution in [2.45, 2.75) is 13.8 Å². The van der Waals surface area contributed by atoms with Crippen molar-refractivity contribution in [2.75, 3.05) is 50.8 Å².